The van der Waals surface area contributed by atoms with Crippen molar-refractivity contribution in [3.8, 4) is 0 Å². The molecule has 0 radical (unpaired) electrons. The number of hydrogen-bond acceptors (Lipinski definition) is 7. The highest BCUT2D eigenvalue weighted by molar-refractivity contribution is 7.18. The van der Waals surface area contributed by atoms with Gasteiger partial charge in [0.15, 0.2) is 0 Å². The maximum Gasteiger partial charge on any atom is 0.414 e. The third kappa shape index (κ3) is 4.55. The summed E-state index contributed by atoms with van der Waals surface area (Å²) in [5.74, 6) is 0.654. The van der Waals surface area contributed by atoms with Crippen molar-refractivity contribution in [3.05, 3.63) is 75.7 Å². The molecule has 0 spiro atoms. The van der Waals surface area contributed by atoms with E-state index in [-0.39, 0.29) is 12.5 Å². The predicted octanol–water partition coefficient (Wildman–Crippen LogP) is 3.82. The summed E-state index contributed by atoms with van der Waals surface area (Å²) in [6.07, 6.45) is 2.68. The summed E-state index contributed by atoms with van der Waals surface area (Å²) in [7, 11) is 0. The number of pyridine rings is 1. The van der Waals surface area contributed by atoms with Crippen LogP contribution in [0.25, 0.3) is 0 Å². The number of benzene rings is 1. The molecule has 1 N–H and O–H groups in total. The summed E-state index contributed by atoms with van der Waals surface area (Å²) >= 11 is 7.09. The molecule has 1 fully saturated rings. The Morgan fingerprint density at radius 1 is 1.15 bits per heavy atom. The standard InChI is InChI=1S/C23H20ClN5O3S/c24-20-8-7-19(33-20)22(30)27-13-18-14-29(23(31)32-18)17-5-3-16(4-6-17)28-11-10-26-21(28)15-2-1-9-25-12-15/h1-9,12,18H,10-11,13-14H2,(H,27,30)/t18-/m0/s1. The second-order valence-corrected chi connectivity index (χ2v) is 9.26. The fraction of sp³-hybridized carbons (Fsp3) is 0.217. The van der Waals surface area contributed by atoms with E-state index in [9.17, 15) is 9.59 Å². The van der Waals surface area contributed by atoms with E-state index in [1.54, 1.807) is 29.4 Å². The first-order chi connectivity index (χ1) is 16.1. The van der Waals surface area contributed by atoms with Crippen molar-refractivity contribution in [2.75, 3.05) is 36.0 Å². The van der Waals surface area contributed by atoms with Crippen LogP contribution in [0.2, 0.25) is 4.34 Å². The van der Waals surface area contributed by atoms with Gasteiger partial charge in [0.25, 0.3) is 5.91 Å². The maximum atomic E-state index is 12.4. The molecule has 2 amide bonds. The summed E-state index contributed by atoms with van der Waals surface area (Å²) in [5.41, 5.74) is 2.70. The van der Waals surface area contributed by atoms with Gasteiger partial charge in [-0.3, -0.25) is 19.7 Å². The summed E-state index contributed by atoms with van der Waals surface area (Å²) < 4.78 is 5.99. The van der Waals surface area contributed by atoms with E-state index in [2.05, 4.69) is 20.2 Å². The van der Waals surface area contributed by atoms with Crippen LogP contribution in [0, 0.1) is 0 Å². The zero-order chi connectivity index (χ0) is 22.8. The van der Waals surface area contributed by atoms with Crippen LogP contribution in [0.5, 0.6) is 0 Å². The third-order valence-electron chi connectivity index (χ3n) is 5.40. The van der Waals surface area contributed by atoms with Crippen molar-refractivity contribution >= 4 is 52.1 Å². The average molecular weight is 482 g/mol. The summed E-state index contributed by atoms with van der Waals surface area (Å²) in [4.78, 5) is 37.7. The summed E-state index contributed by atoms with van der Waals surface area (Å²) in [5, 5.41) is 2.80. The average Bonchev–Trinajstić information content (AvgIpc) is 3.58. The molecule has 3 aromatic rings. The van der Waals surface area contributed by atoms with Gasteiger partial charge in [0, 0.05) is 35.9 Å². The molecule has 1 aromatic carbocycles. The molecule has 8 nitrogen and oxygen atoms in total. The van der Waals surface area contributed by atoms with Gasteiger partial charge in [0.1, 0.15) is 11.9 Å². The van der Waals surface area contributed by atoms with Crippen LogP contribution in [0.3, 0.4) is 0 Å². The Balaban J connectivity index is 1.22. The molecule has 5 rings (SSSR count). The molecule has 10 heteroatoms. The van der Waals surface area contributed by atoms with E-state index in [0.29, 0.717) is 15.8 Å². The molecule has 0 saturated carbocycles. The van der Waals surface area contributed by atoms with Crippen LogP contribution < -0.4 is 15.1 Å². The molecule has 2 aliphatic heterocycles. The molecule has 2 aliphatic rings. The first kappa shape index (κ1) is 21.4. The van der Waals surface area contributed by atoms with Crippen LogP contribution in [-0.2, 0) is 4.74 Å². The molecule has 33 heavy (non-hydrogen) atoms. The number of amides is 2. The normalized spacial score (nSPS) is 17.8. The van der Waals surface area contributed by atoms with Crippen molar-refractivity contribution in [2.24, 2.45) is 4.99 Å². The lowest BCUT2D eigenvalue weighted by Crippen LogP contribution is -2.34. The number of carbonyl (C=O) groups excluding carboxylic acids is 2. The fourth-order valence-corrected chi connectivity index (χ4v) is 4.78. The van der Waals surface area contributed by atoms with Gasteiger partial charge in [-0.1, -0.05) is 11.6 Å². The van der Waals surface area contributed by atoms with E-state index in [1.165, 1.54) is 11.3 Å². The fourth-order valence-electron chi connectivity index (χ4n) is 3.82. The number of halogens is 1. The monoisotopic (exact) mass is 481 g/mol. The van der Waals surface area contributed by atoms with E-state index in [0.717, 1.165) is 35.9 Å². The number of ether oxygens (including phenoxy) is 1. The van der Waals surface area contributed by atoms with Gasteiger partial charge in [-0.15, -0.1) is 11.3 Å². The number of carbonyl (C=O) groups is 2. The number of hydrogen-bond donors (Lipinski definition) is 1. The number of nitrogens with one attached hydrogen (secondary N) is 1. The molecule has 4 heterocycles. The highest BCUT2D eigenvalue weighted by Crippen LogP contribution is 2.27. The molecule has 1 saturated heterocycles. The molecular weight excluding hydrogens is 462 g/mol. The minimum Gasteiger partial charge on any atom is -0.442 e. The predicted molar refractivity (Wildman–Crippen MR) is 129 cm³/mol. The SMILES string of the molecule is O=C(NC[C@H]1CN(c2ccc(N3CCN=C3c3cccnc3)cc2)C(=O)O1)c1ccc(Cl)s1. The number of rotatable bonds is 6. The number of nitrogens with zero attached hydrogens (tertiary/aromatic N) is 4. The smallest absolute Gasteiger partial charge is 0.414 e. The Bertz CT molecular complexity index is 1200. The zero-order valence-corrected chi connectivity index (χ0v) is 19.1. The summed E-state index contributed by atoms with van der Waals surface area (Å²) in [6.45, 7) is 2.09. The molecule has 0 bridgehead atoms. The van der Waals surface area contributed by atoms with Gasteiger partial charge >= 0.3 is 6.09 Å². The van der Waals surface area contributed by atoms with Gasteiger partial charge in [-0.25, -0.2) is 4.79 Å². The lowest BCUT2D eigenvalue weighted by Gasteiger charge is -2.21. The van der Waals surface area contributed by atoms with Crippen LogP contribution in [0.1, 0.15) is 15.2 Å². The molecular formula is C23H20ClN5O3S. The Morgan fingerprint density at radius 2 is 1.94 bits per heavy atom. The van der Waals surface area contributed by atoms with Crippen molar-refractivity contribution in [1.29, 1.82) is 0 Å². The lowest BCUT2D eigenvalue weighted by atomic mass is 10.2. The Labute approximate surface area is 199 Å². The highest BCUT2D eigenvalue weighted by atomic mass is 35.5. The number of cyclic esters (lactones) is 1. The second-order valence-electron chi connectivity index (χ2n) is 7.55. The quantitative estimate of drug-likeness (QED) is 0.578. The Morgan fingerprint density at radius 3 is 2.64 bits per heavy atom. The number of aliphatic imine (C=N–C) groups is 1. The highest BCUT2D eigenvalue weighted by Gasteiger charge is 2.33. The van der Waals surface area contributed by atoms with Crippen LogP contribution in [0.4, 0.5) is 16.2 Å². The topological polar surface area (TPSA) is 87.1 Å². The van der Waals surface area contributed by atoms with Crippen LogP contribution in [0.15, 0.2) is 65.9 Å². The van der Waals surface area contributed by atoms with E-state index >= 15 is 0 Å². The molecule has 0 unspecified atom stereocenters. The van der Waals surface area contributed by atoms with Crippen molar-refractivity contribution < 1.29 is 14.3 Å². The number of thiophene rings is 1. The molecule has 168 valence electrons. The Hall–Kier alpha value is -3.43. The first-order valence-electron chi connectivity index (χ1n) is 10.4. The molecule has 1 atom stereocenters. The van der Waals surface area contributed by atoms with Crippen molar-refractivity contribution in [1.82, 2.24) is 10.3 Å². The first-order valence-corrected chi connectivity index (χ1v) is 11.6. The van der Waals surface area contributed by atoms with Crippen LogP contribution >= 0.6 is 22.9 Å². The van der Waals surface area contributed by atoms with E-state index < -0.39 is 12.2 Å². The minimum atomic E-state index is -0.431. The number of anilines is 2. The number of aromatic nitrogens is 1. The van der Waals surface area contributed by atoms with Gasteiger partial charge < -0.3 is 15.0 Å². The molecule has 0 aliphatic carbocycles. The third-order valence-corrected chi connectivity index (χ3v) is 6.62. The largest absolute Gasteiger partial charge is 0.442 e. The van der Waals surface area contributed by atoms with Gasteiger partial charge in [-0.05, 0) is 48.5 Å². The van der Waals surface area contributed by atoms with Gasteiger partial charge in [0.05, 0.1) is 28.8 Å². The maximum absolute atomic E-state index is 12.4. The Kier molecular flexibility index (Phi) is 5.97. The zero-order valence-electron chi connectivity index (χ0n) is 17.5. The van der Waals surface area contributed by atoms with E-state index in [1.807, 2.05) is 36.4 Å². The minimum absolute atomic E-state index is 0.230. The van der Waals surface area contributed by atoms with Gasteiger partial charge in [0.2, 0.25) is 0 Å². The summed E-state index contributed by atoms with van der Waals surface area (Å²) in [6, 6.07) is 15.0. The number of amidine groups is 1. The van der Waals surface area contributed by atoms with E-state index in [4.69, 9.17) is 16.3 Å². The lowest BCUT2D eigenvalue weighted by molar-refractivity contribution is 0.0920. The van der Waals surface area contributed by atoms with Gasteiger partial charge in [-0.2, -0.15) is 0 Å². The molecule has 2 aromatic heterocycles. The second kappa shape index (κ2) is 9.21. The van der Waals surface area contributed by atoms with Crippen molar-refractivity contribution in [3.63, 3.8) is 0 Å². The van der Waals surface area contributed by atoms with Crippen LogP contribution in [-0.4, -0.2) is 55.1 Å². The van der Waals surface area contributed by atoms with Crippen molar-refractivity contribution in [2.45, 2.75) is 6.10 Å².